The Morgan fingerprint density at radius 2 is 1.36 bits per heavy atom. The van der Waals surface area contributed by atoms with E-state index in [4.69, 9.17) is 18.8 Å². The first-order chi connectivity index (χ1) is 21.6. The average molecular weight is 581 g/mol. The number of hydrogen-bond acceptors (Lipinski definition) is 7. The van der Waals surface area contributed by atoms with E-state index in [1.54, 1.807) is 12.1 Å². The molecule has 0 radical (unpaired) electrons. The van der Waals surface area contributed by atoms with E-state index >= 15 is 0 Å². The van der Waals surface area contributed by atoms with Gasteiger partial charge in [0.25, 0.3) is 0 Å². The number of rotatable bonds is 7. The molecule has 0 spiro atoms. The number of para-hydroxylation sites is 4. The van der Waals surface area contributed by atoms with Crippen molar-refractivity contribution in [2.75, 3.05) is 11.4 Å². The van der Waals surface area contributed by atoms with Gasteiger partial charge >= 0.3 is 11.3 Å². The molecule has 0 bridgehead atoms. The molecule has 0 amide bonds. The summed E-state index contributed by atoms with van der Waals surface area (Å²) < 4.78 is 13.7. The zero-order chi connectivity index (χ0) is 29.6. The number of aromatic nitrogens is 3. The number of anilines is 1. The Balaban J connectivity index is 1.08. The van der Waals surface area contributed by atoms with E-state index in [-0.39, 0.29) is 11.7 Å². The molecule has 0 saturated carbocycles. The molecular formula is C36H28N4O4. The second-order valence-electron chi connectivity index (χ2n) is 11.2. The standard InChI is InChI=1S/C36H28N4O4/c41-35-25-13-3-5-15-27(25)37-33(43-35)31-21-23-11-1-7-17-29(23)39(31)19-9-10-20-40-30-18-8-2-12-24(30)22-32(40)34-38-28-16-6-4-14-26(28)36(42)44-34/h1-8,11-18,21,32H,9-10,19-20,22H2. The topological polar surface area (TPSA) is 94.4 Å². The van der Waals surface area contributed by atoms with Crippen LogP contribution in [0.25, 0.3) is 44.3 Å². The van der Waals surface area contributed by atoms with Crippen LogP contribution in [0.15, 0.2) is 122 Å². The van der Waals surface area contributed by atoms with E-state index in [1.165, 1.54) is 5.56 Å². The van der Waals surface area contributed by atoms with E-state index in [9.17, 15) is 9.59 Å². The van der Waals surface area contributed by atoms with Crippen molar-refractivity contribution in [3.8, 4) is 11.6 Å². The smallest absolute Gasteiger partial charge is 0.347 e. The lowest BCUT2D eigenvalue weighted by Gasteiger charge is -2.26. The van der Waals surface area contributed by atoms with Crippen LogP contribution in [0.4, 0.5) is 5.69 Å². The van der Waals surface area contributed by atoms with Gasteiger partial charge in [0.05, 0.1) is 21.8 Å². The molecule has 8 nitrogen and oxygen atoms in total. The molecule has 1 unspecified atom stereocenters. The quantitative estimate of drug-likeness (QED) is 0.189. The molecule has 8 rings (SSSR count). The van der Waals surface area contributed by atoms with Crippen LogP contribution >= 0.6 is 0 Å². The van der Waals surface area contributed by atoms with Crippen molar-refractivity contribution in [3.63, 3.8) is 0 Å². The Bertz CT molecular complexity index is 2300. The molecule has 44 heavy (non-hydrogen) atoms. The van der Waals surface area contributed by atoms with Gasteiger partial charge in [0.2, 0.25) is 11.8 Å². The number of aryl methyl sites for hydroxylation is 1. The van der Waals surface area contributed by atoms with Gasteiger partial charge < -0.3 is 18.3 Å². The number of hydrogen-bond donors (Lipinski definition) is 0. The van der Waals surface area contributed by atoms with Crippen molar-refractivity contribution in [1.82, 2.24) is 14.5 Å². The fraction of sp³-hybridized carbons (Fsp3) is 0.167. The molecule has 216 valence electrons. The molecule has 3 aromatic heterocycles. The van der Waals surface area contributed by atoms with Crippen molar-refractivity contribution in [3.05, 3.63) is 135 Å². The minimum absolute atomic E-state index is 0.163. The van der Waals surface area contributed by atoms with Crippen LogP contribution in [-0.2, 0) is 13.0 Å². The average Bonchev–Trinajstić information content (AvgIpc) is 3.62. The van der Waals surface area contributed by atoms with Crippen LogP contribution in [0.1, 0.15) is 30.3 Å². The first kappa shape index (κ1) is 26.2. The predicted octanol–water partition coefficient (Wildman–Crippen LogP) is 6.90. The molecule has 0 fully saturated rings. The molecule has 7 aromatic rings. The van der Waals surface area contributed by atoms with Crippen molar-refractivity contribution in [2.24, 2.45) is 0 Å². The van der Waals surface area contributed by atoms with Gasteiger partial charge in [0.1, 0.15) is 11.7 Å². The Morgan fingerprint density at radius 1 is 0.705 bits per heavy atom. The summed E-state index contributed by atoms with van der Waals surface area (Å²) in [7, 11) is 0. The minimum Gasteiger partial charge on any atom is -0.406 e. The maximum absolute atomic E-state index is 12.8. The van der Waals surface area contributed by atoms with Crippen LogP contribution in [0.3, 0.4) is 0 Å². The molecule has 4 heterocycles. The lowest BCUT2D eigenvalue weighted by Crippen LogP contribution is -2.28. The van der Waals surface area contributed by atoms with Crippen LogP contribution in [0, 0.1) is 0 Å². The number of unbranched alkanes of at least 4 members (excludes halogenated alkanes) is 1. The molecule has 0 saturated heterocycles. The Hall–Kier alpha value is -5.50. The highest BCUT2D eigenvalue weighted by atomic mass is 16.4. The predicted molar refractivity (Wildman–Crippen MR) is 171 cm³/mol. The highest BCUT2D eigenvalue weighted by Crippen LogP contribution is 2.40. The van der Waals surface area contributed by atoms with Gasteiger partial charge in [-0.05, 0) is 60.9 Å². The number of nitrogens with zero attached hydrogens (tertiary/aromatic N) is 4. The van der Waals surface area contributed by atoms with Gasteiger partial charge in [-0.3, -0.25) is 0 Å². The normalized spacial score (nSPS) is 14.5. The van der Waals surface area contributed by atoms with Crippen LogP contribution in [0.5, 0.6) is 0 Å². The summed E-state index contributed by atoms with van der Waals surface area (Å²) in [5, 5.41) is 2.02. The summed E-state index contributed by atoms with van der Waals surface area (Å²) in [5.74, 6) is 0.761. The van der Waals surface area contributed by atoms with E-state index in [2.05, 4.69) is 33.7 Å². The van der Waals surface area contributed by atoms with Crippen molar-refractivity contribution in [1.29, 1.82) is 0 Å². The summed E-state index contributed by atoms with van der Waals surface area (Å²) >= 11 is 0. The first-order valence-corrected chi connectivity index (χ1v) is 14.9. The van der Waals surface area contributed by atoms with Gasteiger partial charge in [-0.1, -0.05) is 60.7 Å². The highest BCUT2D eigenvalue weighted by Gasteiger charge is 2.33. The van der Waals surface area contributed by atoms with E-state index in [0.717, 1.165) is 48.1 Å². The first-order valence-electron chi connectivity index (χ1n) is 14.9. The highest BCUT2D eigenvalue weighted by molar-refractivity contribution is 5.86. The number of fused-ring (bicyclic) bond motifs is 4. The summed E-state index contributed by atoms with van der Waals surface area (Å²) in [4.78, 5) is 37.4. The van der Waals surface area contributed by atoms with Gasteiger partial charge in [0, 0.05) is 36.1 Å². The SMILES string of the molecule is O=c1oc(-c2cc3ccccc3n2CCCCN2c3ccccc3CC2c2nc3ccccc3c(=O)o2)nc2ccccc12. The van der Waals surface area contributed by atoms with Crippen molar-refractivity contribution >= 4 is 38.4 Å². The van der Waals surface area contributed by atoms with E-state index in [0.29, 0.717) is 40.1 Å². The lowest BCUT2D eigenvalue weighted by atomic mass is 10.1. The molecule has 0 N–H and O–H groups in total. The molecule has 4 aromatic carbocycles. The third-order valence-corrected chi connectivity index (χ3v) is 8.52. The van der Waals surface area contributed by atoms with Crippen LogP contribution in [-0.4, -0.2) is 21.1 Å². The third-order valence-electron chi connectivity index (χ3n) is 8.52. The number of benzene rings is 4. The van der Waals surface area contributed by atoms with Gasteiger partial charge in [0.15, 0.2) is 0 Å². The maximum Gasteiger partial charge on any atom is 0.347 e. The van der Waals surface area contributed by atoms with Gasteiger partial charge in [-0.2, -0.15) is 0 Å². The van der Waals surface area contributed by atoms with Gasteiger partial charge in [-0.25, -0.2) is 19.6 Å². The largest absolute Gasteiger partial charge is 0.406 e. The second-order valence-corrected chi connectivity index (χ2v) is 11.2. The third kappa shape index (κ3) is 4.46. The van der Waals surface area contributed by atoms with E-state index in [1.807, 2.05) is 66.7 Å². The van der Waals surface area contributed by atoms with Crippen LogP contribution < -0.4 is 16.2 Å². The maximum atomic E-state index is 12.8. The fourth-order valence-electron chi connectivity index (χ4n) is 6.43. The van der Waals surface area contributed by atoms with Crippen molar-refractivity contribution in [2.45, 2.75) is 31.8 Å². The van der Waals surface area contributed by atoms with Crippen molar-refractivity contribution < 1.29 is 8.83 Å². The molecule has 1 atom stereocenters. The van der Waals surface area contributed by atoms with E-state index < -0.39 is 5.63 Å². The van der Waals surface area contributed by atoms with Gasteiger partial charge in [-0.15, -0.1) is 0 Å². The Kier molecular flexibility index (Phi) is 6.33. The Labute approximate surface area is 251 Å². The monoisotopic (exact) mass is 580 g/mol. The van der Waals surface area contributed by atoms with Crippen LogP contribution in [0.2, 0.25) is 0 Å². The molecular weight excluding hydrogens is 552 g/mol. The molecule has 0 aliphatic carbocycles. The minimum atomic E-state index is -0.393. The summed E-state index contributed by atoms with van der Waals surface area (Å²) in [6.07, 6.45) is 2.47. The second kappa shape index (κ2) is 10.6. The lowest BCUT2D eigenvalue weighted by molar-refractivity contribution is 0.399. The Morgan fingerprint density at radius 3 is 2.20 bits per heavy atom. The zero-order valence-corrected chi connectivity index (χ0v) is 23.8. The zero-order valence-electron chi connectivity index (χ0n) is 23.8. The summed E-state index contributed by atoms with van der Waals surface area (Å²) in [6, 6.07) is 32.9. The molecule has 1 aliphatic heterocycles. The molecule has 1 aliphatic rings. The molecule has 8 heteroatoms. The summed E-state index contributed by atoms with van der Waals surface area (Å²) in [6.45, 7) is 1.47. The fourth-order valence-corrected chi connectivity index (χ4v) is 6.43. The summed E-state index contributed by atoms with van der Waals surface area (Å²) in [5.41, 5.74) is 4.71.